The molecule has 27 heavy (non-hydrogen) atoms. The molecule has 0 saturated carbocycles. The van der Waals surface area contributed by atoms with Crippen LogP contribution >= 0.6 is 0 Å². The van der Waals surface area contributed by atoms with E-state index in [-0.39, 0.29) is 11.8 Å². The zero-order valence-electron chi connectivity index (χ0n) is 15.6. The summed E-state index contributed by atoms with van der Waals surface area (Å²) in [5, 5.41) is 2.96. The molecule has 2 aromatic rings. The number of likely N-dealkylation sites (tertiary alicyclic amines) is 1. The number of rotatable bonds is 7. The molecule has 0 radical (unpaired) electrons. The van der Waals surface area contributed by atoms with Gasteiger partial charge in [0.15, 0.2) is 0 Å². The van der Waals surface area contributed by atoms with Gasteiger partial charge in [0.2, 0.25) is 5.91 Å². The molecule has 1 unspecified atom stereocenters. The summed E-state index contributed by atoms with van der Waals surface area (Å²) in [5.41, 5.74) is 1.53. The van der Waals surface area contributed by atoms with E-state index in [4.69, 9.17) is 4.74 Å². The van der Waals surface area contributed by atoms with Crippen LogP contribution in [0.3, 0.4) is 0 Å². The highest BCUT2D eigenvalue weighted by Crippen LogP contribution is 2.22. The first kappa shape index (κ1) is 18.9. The number of aromatic nitrogens is 2. The molecule has 1 aromatic carbocycles. The van der Waals surface area contributed by atoms with Crippen molar-refractivity contribution in [2.24, 2.45) is 5.92 Å². The predicted molar refractivity (Wildman–Crippen MR) is 101 cm³/mol. The molecule has 0 bridgehead atoms. The molecular formula is C20H26N4O3. The van der Waals surface area contributed by atoms with Gasteiger partial charge in [0.1, 0.15) is 11.4 Å². The van der Waals surface area contributed by atoms with Gasteiger partial charge in [0.05, 0.1) is 19.6 Å². The van der Waals surface area contributed by atoms with E-state index in [0.29, 0.717) is 31.1 Å². The Morgan fingerprint density at radius 1 is 1.41 bits per heavy atom. The van der Waals surface area contributed by atoms with Crippen LogP contribution in [0.2, 0.25) is 0 Å². The lowest BCUT2D eigenvalue weighted by Gasteiger charge is -2.32. The third-order valence-electron chi connectivity index (χ3n) is 4.94. The number of H-pyrrole nitrogens is 1. The molecule has 144 valence electrons. The number of imidazole rings is 1. The van der Waals surface area contributed by atoms with E-state index in [1.54, 1.807) is 13.3 Å². The molecule has 2 amide bonds. The molecule has 7 nitrogen and oxygen atoms in total. The lowest BCUT2D eigenvalue weighted by atomic mass is 9.93. The Morgan fingerprint density at radius 3 is 3.07 bits per heavy atom. The quantitative estimate of drug-likeness (QED) is 0.783. The van der Waals surface area contributed by atoms with E-state index < -0.39 is 0 Å². The smallest absolute Gasteiger partial charge is 0.271 e. The minimum Gasteiger partial charge on any atom is -0.497 e. The summed E-state index contributed by atoms with van der Waals surface area (Å²) in [6.45, 7) is 1.95. The Bertz CT molecular complexity index is 760. The van der Waals surface area contributed by atoms with Gasteiger partial charge in [-0.25, -0.2) is 4.98 Å². The molecule has 3 rings (SSSR count). The number of hydrogen-bond acceptors (Lipinski definition) is 4. The van der Waals surface area contributed by atoms with Crippen LogP contribution < -0.4 is 10.1 Å². The highest BCUT2D eigenvalue weighted by Gasteiger charge is 2.25. The Balaban J connectivity index is 1.42. The van der Waals surface area contributed by atoms with Crippen molar-refractivity contribution in [1.29, 1.82) is 0 Å². The molecule has 1 aromatic heterocycles. The van der Waals surface area contributed by atoms with E-state index in [0.717, 1.165) is 37.1 Å². The van der Waals surface area contributed by atoms with Crippen molar-refractivity contribution >= 4 is 11.8 Å². The monoisotopic (exact) mass is 370 g/mol. The molecule has 0 aliphatic carbocycles. The van der Waals surface area contributed by atoms with Crippen molar-refractivity contribution in [3.05, 3.63) is 48.0 Å². The maximum atomic E-state index is 12.4. The van der Waals surface area contributed by atoms with Crippen LogP contribution in [0.5, 0.6) is 5.75 Å². The summed E-state index contributed by atoms with van der Waals surface area (Å²) >= 11 is 0. The molecule has 1 atom stereocenters. The van der Waals surface area contributed by atoms with Crippen molar-refractivity contribution in [1.82, 2.24) is 20.2 Å². The van der Waals surface area contributed by atoms with Crippen LogP contribution in [-0.2, 0) is 11.3 Å². The van der Waals surface area contributed by atoms with Gasteiger partial charge in [-0.1, -0.05) is 12.1 Å². The van der Waals surface area contributed by atoms with E-state index >= 15 is 0 Å². The molecule has 0 spiro atoms. The fraction of sp³-hybridized carbons (Fsp3) is 0.450. The zero-order chi connectivity index (χ0) is 19.1. The first-order valence-corrected chi connectivity index (χ1v) is 9.33. The van der Waals surface area contributed by atoms with Gasteiger partial charge in [-0.2, -0.15) is 0 Å². The number of nitrogens with zero attached hydrogens (tertiary/aromatic N) is 2. The fourth-order valence-corrected chi connectivity index (χ4v) is 3.44. The number of ether oxygens (including phenoxy) is 1. The number of benzene rings is 1. The maximum absolute atomic E-state index is 12.4. The summed E-state index contributed by atoms with van der Waals surface area (Å²) in [5.74, 6) is 1.16. The van der Waals surface area contributed by atoms with Crippen molar-refractivity contribution < 1.29 is 14.3 Å². The second-order valence-electron chi connectivity index (χ2n) is 6.89. The number of aromatic amines is 1. The van der Waals surface area contributed by atoms with E-state index in [2.05, 4.69) is 15.3 Å². The van der Waals surface area contributed by atoms with Gasteiger partial charge >= 0.3 is 0 Å². The molecule has 1 saturated heterocycles. The standard InChI is InChI=1S/C20H26N4O3/c1-27-17-6-2-4-16(10-17)11-22-19(25)8-7-15-5-3-9-24(13-15)20(26)18-12-21-14-23-18/h2,4,6,10,12,14-15H,3,5,7-9,11,13H2,1H3,(H,21,23)(H,22,25). The van der Waals surface area contributed by atoms with Crippen molar-refractivity contribution in [2.45, 2.75) is 32.2 Å². The van der Waals surface area contributed by atoms with E-state index in [1.807, 2.05) is 29.2 Å². The highest BCUT2D eigenvalue weighted by molar-refractivity contribution is 5.92. The summed E-state index contributed by atoms with van der Waals surface area (Å²) in [4.78, 5) is 33.2. The average Bonchev–Trinajstić information content (AvgIpc) is 3.25. The van der Waals surface area contributed by atoms with Crippen molar-refractivity contribution in [2.75, 3.05) is 20.2 Å². The number of methoxy groups -OCH3 is 1. The number of nitrogens with one attached hydrogen (secondary N) is 2. The Kier molecular flexibility index (Phi) is 6.46. The van der Waals surface area contributed by atoms with E-state index in [9.17, 15) is 9.59 Å². The van der Waals surface area contributed by atoms with Crippen LogP contribution in [0, 0.1) is 5.92 Å². The fourth-order valence-electron chi connectivity index (χ4n) is 3.44. The SMILES string of the molecule is COc1cccc(CNC(=O)CCC2CCCN(C(=O)c3cnc[nH]3)C2)c1. The first-order valence-electron chi connectivity index (χ1n) is 9.33. The Labute approximate surface area is 159 Å². The minimum absolute atomic E-state index is 0.0142. The number of carbonyl (C=O) groups excluding carboxylic acids is 2. The third-order valence-corrected chi connectivity index (χ3v) is 4.94. The summed E-state index contributed by atoms with van der Waals surface area (Å²) in [7, 11) is 1.63. The summed E-state index contributed by atoms with van der Waals surface area (Å²) in [6.07, 6.45) is 6.35. The Hall–Kier alpha value is -2.83. The van der Waals surface area contributed by atoms with Gasteiger partial charge in [0, 0.05) is 26.1 Å². The van der Waals surface area contributed by atoms with Crippen LogP contribution in [0.25, 0.3) is 0 Å². The van der Waals surface area contributed by atoms with Gasteiger partial charge in [0.25, 0.3) is 5.91 Å². The lowest BCUT2D eigenvalue weighted by molar-refractivity contribution is -0.121. The topological polar surface area (TPSA) is 87.3 Å². The number of hydrogen-bond donors (Lipinski definition) is 2. The molecule has 1 fully saturated rings. The molecule has 2 heterocycles. The van der Waals surface area contributed by atoms with Crippen LogP contribution in [-0.4, -0.2) is 46.9 Å². The van der Waals surface area contributed by atoms with Crippen LogP contribution in [0.1, 0.15) is 41.7 Å². The van der Waals surface area contributed by atoms with Gasteiger partial charge in [-0.05, 0) is 42.9 Å². The van der Waals surface area contributed by atoms with Crippen LogP contribution in [0.4, 0.5) is 0 Å². The van der Waals surface area contributed by atoms with Crippen LogP contribution in [0.15, 0.2) is 36.8 Å². The zero-order valence-corrected chi connectivity index (χ0v) is 15.6. The molecular weight excluding hydrogens is 344 g/mol. The minimum atomic E-state index is -0.0142. The number of carbonyl (C=O) groups is 2. The summed E-state index contributed by atoms with van der Waals surface area (Å²) < 4.78 is 5.19. The third kappa shape index (κ3) is 5.32. The maximum Gasteiger partial charge on any atom is 0.271 e. The van der Waals surface area contributed by atoms with Gasteiger partial charge in [-0.3, -0.25) is 9.59 Å². The van der Waals surface area contributed by atoms with Crippen molar-refractivity contribution in [3.63, 3.8) is 0 Å². The first-order chi connectivity index (χ1) is 13.2. The molecule has 7 heteroatoms. The predicted octanol–water partition coefficient (Wildman–Crippen LogP) is 2.37. The number of amides is 2. The van der Waals surface area contributed by atoms with Crippen molar-refractivity contribution in [3.8, 4) is 5.75 Å². The largest absolute Gasteiger partial charge is 0.497 e. The lowest BCUT2D eigenvalue weighted by Crippen LogP contribution is -2.40. The average molecular weight is 370 g/mol. The normalized spacial score (nSPS) is 16.8. The van der Waals surface area contributed by atoms with Gasteiger partial charge < -0.3 is 19.9 Å². The second kappa shape index (κ2) is 9.21. The second-order valence-corrected chi connectivity index (χ2v) is 6.89. The molecule has 2 N–H and O–H groups in total. The highest BCUT2D eigenvalue weighted by atomic mass is 16.5. The van der Waals surface area contributed by atoms with E-state index in [1.165, 1.54) is 6.33 Å². The Morgan fingerprint density at radius 2 is 2.30 bits per heavy atom. The molecule has 1 aliphatic rings. The summed E-state index contributed by atoms with van der Waals surface area (Å²) in [6, 6.07) is 7.67. The molecule has 1 aliphatic heterocycles. The van der Waals surface area contributed by atoms with Gasteiger partial charge in [-0.15, -0.1) is 0 Å². The number of piperidine rings is 1.